The monoisotopic (exact) mass is 818 g/mol. The van der Waals surface area contributed by atoms with Gasteiger partial charge in [-0.3, -0.25) is 14.4 Å². The van der Waals surface area contributed by atoms with E-state index in [0.29, 0.717) is 46.3 Å². The molecule has 0 bridgehead atoms. The van der Waals surface area contributed by atoms with Gasteiger partial charge in [-0.15, -0.1) is 0 Å². The minimum absolute atomic E-state index is 0.0470. The summed E-state index contributed by atoms with van der Waals surface area (Å²) in [5.74, 6) is -3.79. The molecule has 5 aromatic rings. The number of aryl methyl sites for hydroxylation is 1. The molecule has 2 aromatic heterocycles. The largest absolute Gasteiger partial charge is 0.480 e. The second kappa shape index (κ2) is 17.5. The van der Waals surface area contributed by atoms with Crippen molar-refractivity contribution in [2.45, 2.75) is 43.9 Å². The summed E-state index contributed by atoms with van der Waals surface area (Å²) in [6.07, 6.45) is -1.91. The number of ether oxygens (including phenoxy) is 1. The van der Waals surface area contributed by atoms with Crippen molar-refractivity contribution in [1.29, 1.82) is 0 Å². The molecule has 0 radical (unpaired) electrons. The van der Waals surface area contributed by atoms with Crippen molar-refractivity contribution in [3.8, 4) is 17.3 Å². The van der Waals surface area contributed by atoms with E-state index in [4.69, 9.17) is 16.3 Å². The summed E-state index contributed by atoms with van der Waals surface area (Å²) < 4.78 is 43.7. The number of halogens is 4. The van der Waals surface area contributed by atoms with E-state index in [-0.39, 0.29) is 30.4 Å². The van der Waals surface area contributed by atoms with Crippen LogP contribution in [0.15, 0.2) is 85.1 Å². The number of aliphatic carboxylic acids is 1. The Labute approximate surface area is 333 Å². The zero-order valence-corrected chi connectivity index (χ0v) is 31.2. The molecular weight excluding hydrogens is 785 g/mol. The number of alkyl halides is 3. The van der Waals surface area contributed by atoms with E-state index in [1.807, 2.05) is 12.1 Å². The molecule has 6 rings (SSSR count). The van der Waals surface area contributed by atoms with Gasteiger partial charge in [0.1, 0.15) is 11.9 Å². The second-order valence-corrected chi connectivity index (χ2v) is 13.5. The first-order chi connectivity index (χ1) is 27.6. The second-order valence-electron chi connectivity index (χ2n) is 13.0. The third kappa shape index (κ3) is 11.1. The SMILES string of the molecule is Cc1nccc(-c2cccc(NC(=O)C(=O)NCC[C@H](NC(=O)c3ccc(Nc4nc(NC5(c6ccc(Cl)cc6)CC5)nc(OCC(F)(F)F)n4)cc3)C(=O)O)c2)n1. The van der Waals surface area contributed by atoms with Crippen LogP contribution in [0.3, 0.4) is 0 Å². The van der Waals surface area contributed by atoms with E-state index in [9.17, 15) is 37.5 Å². The number of nitrogens with zero attached hydrogens (tertiary/aromatic N) is 5. The van der Waals surface area contributed by atoms with Crippen molar-refractivity contribution >= 4 is 58.6 Å². The summed E-state index contributed by atoms with van der Waals surface area (Å²) in [5, 5.41) is 23.5. The molecule has 0 spiro atoms. The van der Waals surface area contributed by atoms with E-state index in [1.165, 1.54) is 24.3 Å². The van der Waals surface area contributed by atoms with Gasteiger partial charge in [-0.05, 0) is 86.3 Å². The van der Waals surface area contributed by atoms with Gasteiger partial charge in [0.2, 0.25) is 11.9 Å². The molecule has 300 valence electrons. The Hall–Kier alpha value is -6.89. The Bertz CT molecular complexity index is 2310. The molecule has 16 nitrogen and oxygen atoms in total. The molecule has 20 heteroatoms. The topological polar surface area (TPSA) is 222 Å². The van der Waals surface area contributed by atoms with Crippen LogP contribution in [-0.2, 0) is 19.9 Å². The summed E-state index contributed by atoms with van der Waals surface area (Å²) in [4.78, 5) is 70.7. The number of aromatic nitrogens is 5. The number of anilines is 4. The predicted molar refractivity (Wildman–Crippen MR) is 204 cm³/mol. The molecule has 0 aliphatic heterocycles. The molecule has 3 aromatic carbocycles. The first-order valence-corrected chi connectivity index (χ1v) is 17.9. The smallest absolute Gasteiger partial charge is 0.422 e. The third-order valence-electron chi connectivity index (χ3n) is 8.60. The van der Waals surface area contributed by atoms with E-state index in [2.05, 4.69) is 51.5 Å². The summed E-state index contributed by atoms with van der Waals surface area (Å²) >= 11 is 6.03. The Morgan fingerprint density at radius 3 is 2.29 bits per heavy atom. The van der Waals surface area contributed by atoms with Crippen molar-refractivity contribution in [2.24, 2.45) is 0 Å². The first kappa shape index (κ1) is 40.8. The van der Waals surface area contributed by atoms with Crippen molar-refractivity contribution < 1.29 is 42.2 Å². The van der Waals surface area contributed by atoms with Crippen molar-refractivity contribution in [3.63, 3.8) is 0 Å². The van der Waals surface area contributed by atoms with Gasteiger partial charge >= 0.3 is 30.0 Å². The van der Waals surface area contributed by atoms with Crippen LogP contribution in [0.1, 0.15) is 41.0 Å². The van der Waals surface area contributed by atoms with Crippen LogP contribution < -0.4 is 31.3 Å². The average molecular weight is 819 g/mol. The van der Waals surface area contributed by atoms with Gasteiger partial charge in [0.15, 0.2) is 6.61 Å². The van der Waals surface area contributed by atoms with E-state index >= 15 is 0 Å². The summed E-state index contributed by atoms with van der Waals surface area (Å²) in [6.45, 7) is -0.158. The first-order valence-electron chi connectivity index (χ1n) is 17.5. The lowest BCUT2D eigenvalue weighted by Gasteiger charge is -2.19. The van der Waals surface area contributed by atoms with Crippen molar-refractivity contribution in [3.05, 3.63) is 107 Å². The molecule has 6 N–H and O–H groups in total. The number of carbonyl (C=O) groups is 4. The fourth-order valence-corrected chi connectivity index (χ4v) is 5.70. The van der Waals surface area contributed by atoms with Crippen LogP contribution in [0.4, 0.5) is 36.4 Å². The molecule has 58 heavy (non-hydrogen) atoms. The maximum atomic E-state index is 13.0. The number of carbonyl (C=O) groups excluding carboxylic acids is 3. The van der Waals surface area contributed by atoms with Gasteiger partial charge in [0, 0.05) is 40.3 Å². The van der Waals surface area contributed by atoms with Gasteiger partial charge in [-0.25, -0.2) is 14.8 Å². The highest BCUT2D eigenvalue weighted by Gasteiger charge is 2.45. The van der Waals surface area contributed by atoms with E-state index in [1.54, 1.807) is 55.6 Å². The zero-order chi connectivity index (χ0) is 41.5. The van der Waals surface area contributed by atoms with E-state index in [0.717, 1.165) is 5.56 Å². The lowest BCUT2D eigenvalue weighted by molar-refractivity contribution is -0.154. The summed E-state index contributed by atoms with van der Waals surface area (Å²) in [6, 6.07) is 19.1. The number of benzene rings is 3. The minimum Gasteiger partial charge on any atom is -0.480 e. The molecule has 1 aliphatic carbocycles. The lowest BCUT2D eigenvalue weighted by atomic mass is 10.1. The Morgan fingerprint density at radius 1 is 0.897 bits per heavy atom. The Morgan fingerprint density at radius 2 is 1.62 bits per heavy atom. The van der Waals surface area contributed by atoms with Crippen LogP contribution in [0, 0.1) is 6.92 Å². The average Bonchev–Trinajstić information content (AvgIpc) is 3.97. The normalized spacial score (nSPS) is 13.4. The molecule has 0 saturated heterocycles. The molecule has 1 saturated carbocycles. The summed E-state index contributed by atoms with van der Waals surface area (Å²) in [5.41, 5.74) is 2.33. The number of carboxylic acids is 1. The van der Waals surface area contributed by atoms with Gasteiger partial charge in [0.25, 0.3) is 5.91 Å². The molecule has 0 unspecified atom stereocenters. The molecule has 1 fully saturated rings. The number of rotatable bonds is 15. The predicted octanol–water partition coefficient (Wildman–Crippen LogP) is 5.40. The maximum Gasteiger partial charge on any atom is 0.422 e. The number of hydrogen-bond acceptors (Lipinski definition) is 12. The lowest BCUT2D eigenvalue weighted by Crippen LogP contribution is -2.44. The van der Waals surface area contributed by atoms with Crippen LogP contribution in [0.5, 0.6) is 6.01 Å². The van der Waals surface area contributed by atoms with Crippen LogP contribution in [0.2, 0.25) is 5.02 Å². The van der Waals surface area contributed by atoms with Crippen molar-refractivity contribution in [2.75, 3.05) is 29.1 Å². The van der Waals surface area contributed by atoms with Crippen molar-refractivity contribution in [1.82, 2.24) is 35.6 Å². The molecule has 1 atom stereocenters. The highest BCUT2D eigenvalue weighted by molar-refractivity contribution is 6.39. The highest BCUT2D eigenvalue weighted by atomic mass is 35.5. The number of hydrogen-bond donors (Lipinski definition) is 6. The fraction of sp³-hybridized carbons (Fsp3) is 0.237. The van der Waals surface area contributed by atoms with E-state index < -0.39 is 54.1 Å². The molecular formula is C38H34ClF3N10O6. The fourth-order valence-electron chi connectivity index (χ4n) is 5.58. The standard InChI is InChI=1S/C38H34ClF3N10O6/c1-21-43-17-13-28(45-21)23-3-2-4-27(19-23)46-32(55)31(54)44-18-14-29(33(56)57)48-30(53)22-5-11-26(12-6-22)47-34-49-35(51-36(50-34)58-20-38(40,41)42)52-37(15-16-37)24-7-9-25(39)10-8-24/h2-13,17,19,29H,14-16,18,20H2,1H3,(H,44,54)(H,46,55)(H,48,53)(H,56,57)(H2,47,49,50,51,52)/t29-/m0/s1. The van der Waals surface area contributed by atoms with Gasteiger partial charge in [-0.1, -0.05) is 35.9 Å². The van der Waals surface area contributed by atoms with Crippen LogP contribution >= 0.6 is 11.6 Å². The molecule has 1 aliphatic rings. The third-order valence-corrected chi connectivity index (χ3v) is 8.85. The quantitative estimate of drug-likeness (QED) is 0.0729. The van der Waals surface area contributed by atoms with Gasteiger partial charge in [-0.2, -0.15) is 28.1 Å². The Kier molecular flexibility index (Phi) is 12.3. The van der Waals surface area contributed by atoms with Gasteiger partial charge in [0.05, 0.1) is 11.2 Å². The minimum atomic E-state index is -4.65. The number of amides is 3. The maximum absolute atomic E-state index is 13.0. The highest BCUT2D eigenvalue weighted by Crippen LogP contribution is 2.48. The van der Waals surface area contributed by atoms with Crippen LogP contribution in [0.25, 0.3) is 11.3 Å². The Balaban J connectivity index is 1.03. The van der Waals surface area contributed by atoms with Crippen LogP contribution in [-0.4, -0.2) is 79.1 Å². The number of carboxylic acid groups (broad SMARTS) is 1. The van der Waals surface area contributed by atoms with Gasteiger partial charge < -0.3 is 36.4 Å². The molecule has 3 amide bonds. The number of nitrogens with one attached hydrogen (secondary N) is 5. The molecule has 2 heterocycles. The summed E-state index contributed by atoms with van der Waals surface area (Å²) in [7, 11) is 0. The zero-order valence-electron chi connectivity index (χ0n) is 30.4.